The summed E-state index contributed by atoms with van der Waals surface area (Å²) in [5.41, 5.74) is 1.12. The van der Waals surface area contributed by atoms with Gasteiger partial charge in [-0.1, -0.05) is 36.4 Å². The van der Waals surface area contributed by atoms with Crippen molar-refractivity contribution in [1.29, 1.82) is 0 Å². The topological polar surface area (TPSA) is 42.7 Å². The Morgan fingerprint density at radius 1 is 1.47 bits per heavy atom. The van der Waals surface area contributed by atoms with Gasteiger partial charge in [0.1, 0.15) is 6.33 Å². The third-order valence-electron chi connectivity index (χ3n) is 2.83. The van der Waals surface area contributed by atoms with Gasteiger partial charge in [-0.25, -0.2) is 9.67 Å². The van der Waals surface area contributed by atoms with Crippen molar-refractivity contribution in [2.45, 2.75) is 29.9 Å². The van der Waals surface area contributed by atoms with Crippen LogP contribution in [-0.2, 0) is 7.05 Å². The molecule has 1 heterocycles. The predicted octanol–water partition coefficient (Wildman–Crippen LogP) is 3.29. The van der Waals surface area contributed by atoms with Gasteiger partial charge in [0.15, 0.2) is 5.16 Å². The monoisotopic (exact) mass is 296 g/mol. The molecule has 0 aliphatic carbocycles. The van der Waals surface area contributed by atoms with E-state index < -0.39 is 0 Å². The molecule has 2 rings (SSSR count). The van der Waals surface area contributed by atoms with Crippen molar-refractivity contribution < 1.29 is 0 Å². The minimum atomic E-state index is 0.256. The Labute approximate surface area is 122 Å². The second-order valence-electron chi connectivity index (χ2n) is 4.23. The van der Waals surface area contributed by atoms with E-state index >= 15 is 0 Å². The first kappa shape index (κ1) is 14.4. The molecular formula is C13H17ClN4S. The Kier molecular flexibility index (Phi) is 4.85. The molecule has 0 amide bonds. The molecule has 0 saturated heterocycles. The molecule has 0 spiro atoms. The van der Waals surface area contributed by atoms with Gasteiger partial charge in [0.25, 0.3) is 0 Å². The van der Waals surface area contributed by atoms with Gasteiger partial charge in [-0.15, -0.1) is 0 Å². The molecular weight excluding hydrogens is 280 g/mol. The Morgan fingerprint density at radius 2 is 2.26 bits per heavy atom. The summed E-state index contributed by atoms with van der Waals surface area (Å²) in [4.78, 5) is 5.25. The van der Waals surface area contributed by atoms with Crippen LogP contribution in [-0.4, -0.2) is 21.3 Å². The average Bonchev–Trinajstić information content (AvgIpc) is 2.75. The van der Waals surface area contributed by atoms with E-state index in [1.165, 1.54) is 0 Å². The highest BCUT2D eigenvalue weighted by atomic mass is 35.5. The van der Waals surface area contributed by atoms with Gasteiger partial charge >= 0.3 is 0 Å². The fourth-order valence-electron chi connectivity index (χ4n) is 1.82. The lowest BCUT2D eigenvalue weighted by Gasteiger charge is -2.15. The summed E-state index contributed by atoms with van der Waals surface area (Å²) in [7, 11) is 1.87. The van der Waals surface area contributed by atoms with Gasteiger partial charge in [-0.2, -0.15) is 5.10 Å². The number of rotatable bonds is 5. The van der Waals surface area contributed by atoms with Gasteiger partial charge in [0, 0.05) is 23.0 Å². The zero-order chi connectivity index (χ0) is 13.8. The van der Waals surface area contributed by atoms with E-state index in [9.17, 15) is 0 Å². The molecule has 0 aliphatic heterocycles. The zero-order valence-corrected chi connectivity index (χ0v) is 12.8. The zero-order valence-electron chi connectivity index (χ0n) is 11.2. The summed E-state index contributed by atoms with van der Waals surface area (Å²) >= 11 is 7.90. The molecule has 1 aromatic carbocycles. The number of halogens is 1. The van der Waals surface area contributed by atoms with E-state index in [0.717, 1.165) is 27.2 Å². The predicted molar refractivity (Wildman–Crippen MR) is 78.7 cm³/mol. The maximum atomic E-state index is 6.34. The highest BCUT2D eigenvalue weighted by Gasteiger charge is 2.10. The number of aromatic nitrogens is 3. The number of hydrogen-bond acceptors (Lipinski definition) is 4. The third kappa shape index (κ3) is 3.49. The number of benzene rings is 1. The first-order chi connectivity index (χ1) is 9.11. The maximum Gasteiger partial charge on any atom is 0.190 e. The van der Waals surface area contributed by atoms with E-state index in [1.807, 2.05) is 13.1 Å². The van der Waals surface area contributed by atoms with Crippen LogP contribution < -0.4 is 5.32 Å². The van der Waals surface area contributed by atoms with Crippen molar-refractivity contribution in [3.63, 3.8) is 0 Å². The molecule has 6 heteroatoms. The second-order valence-corrected chi connectivity index (χ2v) is 5.68. The molecule has 0 saturated carbocycles. The number of nitrogens with one attached hydrogen (secondary N) is 1. The van der Waals surface area contributed by atoms with Crippen LogP contribution >= 0.6 is 23.4 Å². The van der Waals surface area contributed by atoms with Gasteiger partial charge in [-0.3, -0.25) is 0 Å². The lowest BCUT2D eigenvalue weighted by molar-refractivity contribution is 0.598. The quantitative estimate of drug-likeness (QED) is 0.919. The molecule has 1 atom stereocenters. The first-order valence-corrected chi connectivity index (χ1v) is 7.36. The molecule has 1 aromatic heterocycles. The molecule has 1 unspecified atom stereocenters. The molecule has 4 nitrogen and oxygen atoms in total. The summed E-state index contributed by atoms with van der Waals surface area (Å²) in [5, 5.41) is 9.03. The van der Waals surface area contributed by atoms with Crippen LogP contribution in [0.15, 0.2) is 34.6 Å². The van der Waals surface area contributed by atoms with E-state index in [0.29, 0.717) is 0 Å². The highest BCUT2D eigenvalue weighted by Crippen LogP contribution is 2.31. The van der Waals surface area contributed by atoms with Crippen molar-refractivity contribution in [1.82, 2.24) is 20.1 Å². The van der Waals surface area contributed by atoms with E-state index in [4.69, 9.17) is 11.6 Å². The van der Waals surface area contributed by atoms with Crippen LogP contribution in [0.4, 0.5) is 0 Å². The molecule has 19 heavy (non-hydrogen) atoms. The molecule has 0 bridgehead atoms. The van der Waals surface area contributed by atoms with E-state index in [-0.39, 0.29) is 6.04 Å². The van der Waals surface area contributed by atoms with Crippen molar-refractivity contribution in [3.8, 4) is 0 Å². The molecule has 1 N–H and O–H groups in total. The smallest absolute Gasteiger partial charge is 0.190 e. The van der Waals surface area contributed by atoms with Gasteiger partial charge in [0.05, 0.1) is 0 Å². The fraction of sp³-hybridized carbons (Fsp3) is 0.385. The Balaban J connectivity index is 2.17. The largest absolute Gasteiger partial charge is 0.310 e. The van der Waals surface area contributed by atoms with Crippen molar-refractivity contribution in [3.05, 3.63) is 35.1 Å². The first-order valence-electron chi connectivity index (χ1n) is 6.16. The van der Waals surface area contributed by atoms with Crippen molar-refractivity contribution >= 4 is 23.4 Å². The average molecular weight is 297 g/mol. The normalized spacial score (nSPS) is 12.6. The Morgan fingerprint density at radius 3 is 2.84 bits per heavy atom. The van der Waals surface area contributed by atoms with Crippen LogP contribution in [0.1, 0.15) is 25.5 Å². The molecule has 102 valence electrons. The third-order valence-corrected chi connectivity index (χ3v) is 4.20. The fourth-order valence-corrected chi connectivity index (χ4v) is 3.03. The Bertz CT molecular complexity index is 555. The van der Waals surface area contributed by atoms with Gasteiger partial charge < -0.3 is 5.32 Å². The standard InChI is InChI=1S/C13H17ClN4S/c1-4-15-9(2)11-6-5-10(7-12(11)14)19-13-16-8-17-18(13)3/h5-9,15H,4H2,1-3H3. The molecule has 0 fully saturated rings. The van der Waals surface area contributed by atoms with Gasteiger partial charge in [0.2, 0.25) is 0 Å². The van der Waals surface area contributed by atoms with Crippen LogP contribution in [0.3, 0.4) is 0 Å². The van der Waals surface area contributed by atoms with Crippen molar-refractivity contribution in [2.24, 2.45) is 7.05 Å². The van der Waals surface area contributed by atoms with Crippen LogP contribution in [0.5, 0.6) is 0 Å². The summed E-state index contributed by atoms with van der Waals surface area (Å²) in [5.74, 6) is 0. The minimum absolute atomic E-state index is 0.256. The minimum Gasteiger partial charge on any atom is -0.310 e. The van der Waals surface area contributed by atoms with Crippen LogP contribution in [0.25, 0.3) is 0 Å². The number of hydrogen-bond donors (Lipinski definition) is 1. The van der Waals surface area contributed by atoms with E-state index in [2.05, 4.69) is 41.4 Å². The molecule has 0 radical (unpaired) electrons. The Hall–Kier alpha value is -1.04. The molecule has 2 aromatic rings. The van der Waals surface area contributed by atoms with Crippen LogP contribution in [0, 0.1) is 0 Å². The summed E-state index contributed by atoms with van der Waals surface area (Å²) in [6.07, 6.45) is 1.55. The number of nitrogens with zero attached hydrogens (tertiary/aromatic N) is 3. The van der Waals surface area contributed by atoms with E-state index in [1.54, 1.807) is 22.8 Å². The summed E-state index contributed by atoms with van der Waals surface area (Å²) < 4.78 is 1.74. The lowest BCUT2D eigenvalue weighted by atomic mass is 10.1. The highest BCUT2D eigenvalue weighted by molar-refractivity contribution is 7.99. The molecule has 0 aliphatic rings. The summed E-state index contributed by atoms with van der Waals surface area (Å²) in [6, 6.07) is 6.36. The van der Waals surface area contributed by atoms with Crippen LogP contribution in [0.2, 0.25) is 5.02 Å². The summed E-state index contributed by atoms with van der Waals surface area (Å²) in [6.45, 7) is 5.12. The van der Waals surface area contributed by atoms with Crippen molar-refractivity contribution in [2.75, 3.05) is 6.54 Å². The SMILES string of the molecule is CCNC(C)c1ccc(Sc2ncnn2C)cc1Cl. The van der Waals surface area contributed by atoms with Gasteiger partial charge in [-0.05, 0) is 31.2 Å². The maximum absolute atomic E-state index is 6.34. The second kappa shape index (κ2) is 6.41. The lowest BCUT2D eigenvalue weighted by Crippen LogP contribution is -2.17. The number of aryl methyl sites for hydroxylation is 1.